The molecular weight excluding hydrogens is 314 g/mol. The number of methoxy groups -OCH3 is 1. The van der Waals surface area contributed by atoms with E-state index in [2.05, 4.69) is 25.5 Å². The maximum atomic E-state index is 12.7. The maximum Gasteiger partial charge on any atom is 0.309 e. The van der Waals surface area contributed by atoms with Gasteiger partial charge < -0.3 is 4.74 Å². The number of carbonyl (C=O) groups is 1. The molecule has 1 atom stereocenters. The summed E-state index contributed by atoms with van der Waals surface area (Å²) in [6, 6.07) is 6.93. The predicted molar refractivity (Wildman–Crippen MR) is 90.8 cm³/mol. The first-order chi connectivity index (χ1) is 10.5. The van der Waals surface area contributed by atoms with Gasteiger partial charge in [0.1, 0.15) is 0 Å². The van der Waals surface area contributed by atoms with Crippen LogP contribution in [0, 0.1) is 5.92 Å². The zero-order valence-electron chi connectivity index (χ0n) is 14.8. The van der Waals surface area contributed by atoms with Gasteiger partial charge in [0, 0.05) is 13.1 Å². The number of carbonyl (C=O) groups excluding carboxylic acids is 1. The van der Waals surface area contributed by atoms with Crippen molar-refractivity contribution >= 4 is 16.0 Å². The first kappa shape index (κ1) is 19.6. The third kappa shape index (κ3) is 4.78. The number of hydrogen-bond donors (Lipinski definition) is 0. The number of benzene rings is 1. The van der Waals surface area contributed by atoms with E-state index < -0.39 is 21.9 Å². The van der Waals surface area contributed by atoms with Crippen LogP contribution in [0.25, 0.3) is 0 Å². The molecule has 0 aliphatic heterocycles. The third-order valence-corrected chi connectivity index (χ3v) is 5.75. The van der Waals surface area contributed by atoms with Crippen molar-refractivity contribution in [3.63, 3.8) is 0 Å². The number of rotatable bonds is 6. The quantitative estimate of drug-likeness (QED) is 0.746. The smallest absolute Gasteiger partial charge is 0.309 e. The number of nitrogens with zero attached hydrogens (tertiary/aromatic N) is 1. The fraction of sp³-hybridized carbons (Fsp3) is 0.588. The van der Waals surface area contributed by atoms with E-state index in [0.717, 1.165) is 5.56 Å². The lowest BCUT2D eigenvalue weighted by atomic mass is 9.87. The Balaban J connectivity index is 3.05. The molecule has 0 aliphatic rings. The van der Waals surface area contributed by atoms with Crippen LogP contribution in [0.15, 0.2) is 29.2 Å². The predicted octanol–water partition coefficient (Wildman–Crippen LogP) is 2.80. The van der Waals surface area contributed by atoms with Crippen LogP contribution in [0.1, 0.15) is 40.2 Å². The fourth-order valence-electron chi connectivity index (χ4n) is 2.25. The van der Waals surface area contributed by atoms with Crippen molar-refractivity contribution in [1.82, 2.24) is 4.31 Å². The van der Waals surface area contributed by atoms with Gasteiger partial charge in [-0.3, -0.25) is 4.79 Å². The van der Waals surface area contributed by atoms with Crippen LogP contribution < -0.4 is 0 Å². The molecule has 1 aromatic carbocycles. The average molecular weight is 341 g/mol. The molecule has 0 spiro atoms. The molecule has 0 fully saturated rings. The zero-order chi connectivity index (χ0) is 17.8. The Labute approximate surface area is 139 Å². The van der Waals surface area contributed by atoms with Crippen LogP contribution in [0.3, 0.4) is 0 Å². The average Bonchev–Trinajstić information content (AvgIpc) is 2.50. The molecule has 0 aliphatic carbocycles. The summed E-state index contributed by atoms with van der Waals surface area (Å²) < 4.78 is 31.5. The molecule has 6 heteroatoms. The topological polar surface area (TPSA) is 63.7 Å². The van der Waals surface area contributed by atoms with Crippen molar-refractivity contribution in [2.45, 2.75) is 44.9 Å². The molecule has 0 saturated heterocycles. The first-order valence-electron chi connectivity index (χ1n) is 7.72. The van der Waals surface area contributed by atoms with E-state index >= 15 is 0 Å². The van der Waals surface area contributed by atoms with Gasteiger partial charge in [0.2, 0.25) is 10.0 Å². The Hall–Kier alpha value is -1.40. The van der Waals surface area contributed by atoms with Gasteiger partial charge in [-0.05, 0) is 23.1 Å². The second-order valence-corrected chi connectivity index (χ2v) is 8.59. The highest BCUT2D eigenvalue weighted by Gasteiger charge is 2.27. The summed E-state index contributed by atoms with van der Waals surface area (Å²) >= 11 is 0. The molecule has 1 unspecified atom stereocenters. The molecule has 0 radical (unpaired) electrons. The maximum absolute atomic E-state index is 12.7. The van der Waals surface area contributed by atoms with Crippen molar-refractivity contribution < 1.29 is 17.9 Å². The monoisotopic (exact) mass is 341 g/mol. The molecule has 1 rings (SSSR count). The zero-order valence-corrected chi connectivity index (χ0v) is 15.6. The van der Waals surface area contributed by atoms with Crippen molar-refractivity contribution in [3.8, 4) is 0 Å². The van der Waals surface area contributed by atoms with E-state index in [1.54, 1.807) is 26.0 Å². The molecule has 0 heterocycles. The van der Waals surface area contributed by atoms with Crippen molar-refractivity contribution in [3.05, 3.63) is 29.8 Å². The first-order valence-corrected chi connectivity index (χ1v) is 9.16. The van der Waals surface area contributed by atoms with E-state index in [4.69, 9.17) is 0 Å². The van der Waals surface area contributed by atoms with Crippen LogP contribution >= 0.6 is 0 Å². The van der Waals surface area contributed by atoms with Gasteiger partial charge >= 0.3 is 5.97 Å². The Morgan fingerprint density at radius 1 is 1.22 bits per heavy atom. The number of sulfonamides is 1. The van der Waals surface area contributed by atoms with Gasteiger partial charge in [-0.1, -0.05) is 46.8 Å². The third-order valence-electron chi connectivity index (χ3n) is 3.79. The van der Waals surface area contributed by atoms with E-state index in [1.807, 2.05) is 12.1 Å². The van der Waals surface area contributed by atoms with Gasteiger partial charge in [0.25, 0.3) is 0 Å². The summed E-state index contributed by atoms with van der Waals surface area (Å²) in [6.45, 7) is 10.0. The Kier molecular flexibility index (Phi) is 6.36. The van der Waals surface area contributed by atoms with E-state index in [9.17, 15) is 13.2 Å². The summed E-state index contributed by atoms with van der Waals surface area (Å²) in [7, 11) is -2.32. The molecule has 0 amide bonds. The molecule has 23 heavy (non-hydrogen) atoms. The lowest BCUT2D eigenvalue weighted by Crippen LogP contribution is -2.37. The SMILES string of the molecule is CCN(CC(C)C(=O)OC)S(=O)(=O)c1ccc(C(C)(C)C)cc1. The van der Waals surface area contributed by atoms with Gasteiger partial charge in [0.15, 0.2) is 0 Å². The molecule has 130 valence electrons. The van der Waals surface area contributed by atoms with Crippen molar-refractivity contribution in [1.29, 1.82) is 0 Å². The Morgan fingerprint density at radius 3 is 2.13 bits per heavy atom. The lowest BCUT2D eigenvalue weighted by molar-refractivity contribution is -0.145. The molecular formula is C17H27NO4S. The largest absolute Gasteiger partial charge is 0.469 e. The molecule has 0 bridgehead atoms. The van der Waals surface area contributed by atoms with Gasteiger partial charge in [-0.15, -0.1) is 0 Å². The Bertz CT molecular complexity index is 630. The summed E-state index contributed by atoms with van der Waals surface area (Å²) in [5, 5.41) is 0. The van der Waals surface area contributed by atoms with Crippen LogP contribution in [0.4, 0.5) is 0 Å². The molecule has 1 aromatic rings. The van der Waals surface area contributed by atoms with Gasteiger partial charge in [-0.2, -0.15) is 4.31 Å². The molecule has 0 N–H and O–H groups in total. The van der Waals surface area contributed by atoms with Gasteiger partial charge in [-0.25, -0.2) is 8.42 Å². The van der Waals surface area contributed by atoms with Crippen molar-refractivity contribution in [2.24, 2.45) is 5.92 Å². The fourth-order valence-corrected chi connectivity index (χ4v) is 3.79. The van der Waals surface area contributed by atoms with E-state index in [1.165, 1.54) is 11.4 Å². The normalized spacial score (nSPS) is 13.9. The molecule has 5 nitrogen and oxygen atoms in total. The van der Waals surface area contributed by atoms with E-state index in [0.29, 0.717) is 6.54 Å². The Morgan fingerprint density at radius 2 is 1.74 bits per heavy atom. The number of hydrogen-bond acceptors (Lipinski definition) is 4. The van der Waals surface area contributed by atoms with Gasteiger partial charge in [0.05, 0.1) is 17.9 Å². The minimum Gasteiger partial charge on any atom is -0.469 e. The second-order valence-electron chi connectivity index (χ2n) is 6.65. The van der Waals surface area contributed by atoms with Crippen molar-refractivity contribution in [2.75, 3.05) is 20.2 Å². The number of esters is 1. The highest BCUT2D eigenvalue weighted by molar-refractivity contribution is 7.89. The summed E-state index contributed by atoms with van der Waals surface area (Å²) in [4.78, 5) is 11.8. The number of ether oxygens (including phenoxy) is 1. The highest BCUT2D eigenvalue weighted by atomic mass is 32.2. The van der Waals surface area contributed by atoms with Crippen LogP contribution in [-0.2, 0) is 25.0 Å². The van der Waals surface area contributed by atoms with Crippen LogP contribution in [0.5, 0.6) is 0 Å². The minimum absolute atomic E-state index is 0.0356. The van der Waals surface area contributed by atoms with Crippen LogP contribution in [0.2, 0.25) is 0 Å². The summed E-state index contributed by atoms with van der Waals surface area (Å²) in [5.74, 6) is -0.926. The molecule has 0 saturated carbocycles. The van der Waals surface area contributed by atoms with E-state index in [-0.39, 0.29) is 16.9 Å². The summed E-state index contributed by atoms with van der Waals surface area (Å²) in [6.07, 6.45) is 0. The van der Waals surface area contributed by atoms with Crippen LogP contribution in [-0.4, -0.2) is 38.9 Å². The summed E-state index contributed by atoms with van der Waals surface area (Å²) in [5.41, 5.74) is 1.04. The lowest BCUT2D eigenvalue weighted by Gasteiger charge is -2.24. The second kappa shape index (κ2) is 7.45. The highest BCUT2D eigenvalue weighted by Crippen LogP contribution is 2.25. The standard InChI is InChI=1S/C17H27NO4S/c1-7-18(12-13(2)16(19)22-6)23(20,21)15-10-8-14(9-11-15)17(3,4)5/h8-11,13H,7,12H2,1-6H3. The minimum atomic E-state index is -3.62. The molecule has 0 aromatic heterocycles.